The Balaban J connectivity index is 0. The van der Waals surface area contributed by atoms with Crippen molar-refractivity contribution < 1.29 is 41.2 Å². The van der Waals surface area contributed by atoms with Gasteiger partial charge in [-0.15, -0.1) is 0 Å². The van der Waals surface area contributed by atoms with Crippen molar-refractivity contribution in [2.24, 2.45) is 0 Å². The van der Waals surface area contributed by atoms with E-state index in [1.165, 1.54) is 0 Å². The van der Waals surface area contributed by atoms with Crippen LogP contribution in [0.3, 0.4) is 0 Å². The van der Waals surface area contributed by atoms with Crippen LogP contribution in [-0.4, -0.2) is 36.7 Å². The van der Waals surface area contributed by atoms with Gasteiger partial charge >= 0.3 is 0 Å². The van der Waals surface area contributed by atoms with Crippen molar-refractivity contribution in [1.82, 2.24) is 0 Å². The molecule has 0 spiro atoms. The molecule has 5 heavy (non-hydrogen) atoms. The van der Waals surface area contributed by atoms with Crippen LogP contribution in [0.1, 0.15) is 0 Å². The molecule has 0 fully saturated rings. The van der Waals surface area contributed by atoms with E-state index in [9.17, 15) is 0 Å². The van der Waals surface area contributed by atoms with Gasteiger partial charge in [-0.1, -0.05) is 0 Å². The van der Waals surface area contributed by atoms with Crippen LogP contribution in [-0.2, 0) is 41.2 Å². The minimum absolute atomic E-state index is 0. The van der Waals surface area contributed by atoms with Crippen molar-refractivity contribution >= 4 is 36.7 Å². The third-order valence-electron chi connectivity index (χ3n) is 0. The second kappa shape index (κ2) is 35.3. The van der Waals surface area contributed by atoms with Crippen LogP contribution in [0.4, 0.5) is 0 Å². The van der Waals surface area contributed by atoms with Crippen LogP contribution >= 0.6 is 0 Å². The molecule has 0 aliphatic carbocycles. The molecule has 5 heteroatoms. The van der Waals surface area contributed by atoms with Crippen LogP contribution in [0.15, 0.2) is 0 Å². The second-order valence-electron chi connectivity index (χ2n) is 0. The van der Waals surface area contributed by atoms with E-state index in [1.54, 1.807) is 0 Å². The Kier molecular flexibility index (Phi) is 412. The maximum atomic E-state index is 0. The molecule has 0 nitrogen and oxygen atoms in total. The molecule has 0 rings (SSSR count). The van der Waals surface area contributed by atoms with E-state index < -0.39 is 0 Å². The summed E-state index contributed by atoms with van der Waals surface area (Å²) in [4.78, 5) is 0. The third-order valence-corrected chi connectivity index (χ3v) is 0. The number of rotatable bonds is 0. The van der Waals surface area contributed by atoms with Gasteiger partial charge in [0.15, 0.2) is 17.4 Å². The summed E-state index contributed by atoms with van der Waals surface area (Å²) in [6.07, 6.45) is 0. The fourth-order valence-electron chi connectivity index (χ4n) is 0. The zero-order valence-electron chi connectivity index (χ0n) is 2.78. The van der Waals surface area contributed by atoms with E-state index in [2.05, 4.69) is 0 Å². The summed E-state index contributed by atoms with van der Waals surface area (Å²) >= 11 is 0. The maximum absolute atomic E-state index is 0. The van der Waals surface area contributed by atoms with Gasteiger partial charge in [0, 0.05) is 49.6 Å². The molecule has 0 amide bonds. The van der Waals surface area contributed by atoms with Crippen molar-refractivity contribution in [3.05, 3.63) is 0 Å². The maximum Gasteiger partial charge on any atom is 0.187 e. The standard InChI is InChI=1S/Al.B.H3Si.Ti.Zn.3H/h;;1H3;;;;;. The molecule has 0 aliphatic heterocycles. The molecule has 0 saturated carbocycles. The summed E-state index contributed by atoms with van der Waals surface area (Å²) in [5.74, 6) is 0. The molecule has 22 valence electrons. The summed E-state index contributed by atoms with van der Waals surface area (Å²) in [7, 11) is 0. The topological polar surface area (TPSA) is 0 Å². The number of hydrogen-bond acceptors (Lipinski definition) is 0. The van der Waals surface area contributed by atoms with Crippen LogP contribution in [0, 0.1) is 0 Å². The fraction of sp³-hybridized carbons (Fsp3) is 0. The van der Waals surface area contributed by atoms with Crippen molar-refractivity contribution in [1.29, 1.82) is 0 Å². The van der Waals surface area contributed by atoms with Gasteiger partial charge in [0.1, 0.15) is 0 Å². The first-order chi connectivity index (χ1) is 0. The van der Waals surface area contributed by atoms with Gasteiger partial charge in [0.25, 0.3) is 0 Å². The van der Waals surface area contributed by atoms with E-state index in [1.807, 2.05) is 0 Å². The molecule has 4 radical (unpaired) electrons. The molecule has 0 heterocycles. The Morgan fingerprint density at radius 3 is 1.00 bits per heavy atom. The van der Waals surface area contributed by atoms with Crippen LogP contribution in [0.25, 0.3) is 0 Å². The van der Waals surface area contributed by atoms with Gasteiger partial charge in [-0.3, -0.25) is 0 Å². The molecule has 0 aliphatic rings. The molecule has 0 saturated heterocycles. The molecule has 0 aromatic rings. The summed E-state index contributed by atoms with van der Waals surface area (Å²) < 4.78 is 0. The van der Waals surface area contributed by atoms with Crippen molar-refractivity contribution in [3.63, 3.8) is 0 Å². The Hall–Kier alpha value is 2.15. The molecule has 0 aromatic heterocycles. The average Bonchev–Trinajstić information content (AvgIpc) is 0. The fourth-order valence-corrected chi connectivity index (χ4v) is 0. The predicted molar refractivity (Wildman–Crippen MR) is 25.6 cm³/mol. The van der Waals surface area contributed by atoms with Crippen molar-refractivity contribution in [2.45, 2.75) is 0 Å². The monoisotopic (exact) mass is 184 g/mol. The van der Waals surface area contributed by atoms with Gasteiger partial charge in [-0.05, 0) is 11.0 Å². The minimum atomic E-state index is 0. The summed E-state index contributed by atoms with van der Waals surface area (Å²) in [6.45, 7) is 0. The first-order valence-corrected chi connectivity index (χ1v) is 0. The van der Waals surface area contributed by atoms with E-state index in [4.69, 9.17) is 0 Å². The molecule has 0 bridgehead atoms. The summed E-state index contributed by atoms with van der Waals surface area (Å²) in [5, 5.41) is 0. The smallest absolute Gasteiger partial charge is 0.0125 e. The molecule has 0 atom stereocenters. The van der Waals surface area contributed by atoms with Crippen LogP contribution < -0.4 is 0 Å². The Labute approximate surface area is 77.2 Å². The molecule has 0 unspecified atom stereocenters. The van der Waals surface area contributed by atoms with Crippen LogP contribution in [0.2, 0.25) is 0 Å². The Morgan fingerprint density at radius 2 is 1.00 bits per heavy atom. The Morgan fingerprint density at radius 1 is 1.00 bits per heavy atom. The van der Waals surface area contributed by atoms with Crippen molar-refractivity contribution in [2.75, 3.05) is 0 Å². The van der Waals surface area contributed by atoms with Crippen LogP contribution in [0.5, 0.6) is 0 Å². The van der Waals surface area contributed by atoms with Gasteiger partial charge < -0.3 is 0 Å². The predicted octanol–water partition coefficient (Wildman–Crippen LogP) is -2.75. The van der Waals surface area contributed by atoms with Gasteiger partial charge in [0.05, 0.1) is 0 Å². The average molecular weight is 185 g/mol. The summed E-state index contributed by atoms with van der Waals surface area (Å²) in [5.41, 5.74) is 0. The molecular weight excluding hydrogens is 179 g/mol. The molecular formula is H6AlBSiTiZn. The van der Waals surface area contributed by atoms with E-state index in [0.717, 1.165) is 0 Å². The quantitative estimate of drug-likeness (QED) is 0.359. The third kappa shape index (κ3) is 22.9. The number of hydrogen-bond donors (Lipinski definition) is 0. The zero-order valence-corrected chi connectivity index (χ0v) is 9.31. The van der Waals surface area contributed by atoms with Gasteiger partial charge in [-0.25, -0.2) is 0 Å². The van der Waals surface area contributed by atoms with E-state index in [-0.39, 0.29) is 77.9 Å². The van der Waals surface area contributed by atoms with E-state index in [0.29, 0.717) is 0 Å². The zero-order chi connectivity index (χ0) is 0. The first-order valence-electron chi connectivity index (χ1n) is 0. The SMILES string of the molecule is [AlH3].[B].[SiH3].[Ti].[Zn]. The first kappa shape index (κ1) is 58.5. The molecule has 0 N–H and O–H groups in total. The van der Waals surface area contributed by atoms with E-state index >= 15 is 0 Å². The summed E-state index contributed by atoms with van der Waals surface area (Å²) in [6, 6.07) is 0. The second-order valence-corrected chi connectivity index (χ2v) is 0. The van der Waals surface area contributed by atoms with Gasteiger partial charge in [0.2, 0.25) is 0 Å². The van der Waals surface area contributed by atoms with Gasteiger partial charge in [-0.2, -0.15) is 0 Å². The Bertz CT molecular complexity index is 11.6. The normalized spacial score (nSPS) is 0. The minimum Gasteiger partial charge on any atom is -0.0125 e. The molecule has 0 aromatic carbocycles. The largest absolute Gasteiger partial charge is 0.187 e. The van der Waals surface area contributed by atoms with Crippen molar-refractivity contribution in [3.8, 4) is 0 Å².